The van der Waals surface area contributed by atoms with Gasteiger partial charge in [0, 0.05) is 36.0 Å². The molecule has 10 heteroatoms. The van der Waals surface area contributed by atoms with Crippen LogP contribution in [0.2, 0.25) is 0 Å². The molecule has 1 saturated carbocycles. The fourth-order valence-electron chi connectivity index (χ4n) is 4.11. The summed E-state index contributed by atoms with van der Waals surface area (Å²) in [4.78, 5) is 28.6. The zero-order chi connectivity index (χ0) is 23.8. The second kappa shape index (κ2) is 8.92. The van der Waals surface area contributed by atoms with Crippen molar-refractivity contribution in [2.75, 3.05) is 5.32 Å². The highest BCUT2D eigenvalue weighted by Crippen LogP contribution is 2.32. The van der Waals surface area contributed by atoms with Crippen LogP contribution in [0.15, 0.2) is 45.7 Å². The van der Waals surface area contributed by atoms with E-state index in [0.717, 1.165) is 18.3 Å². The predicted molar refractivity (Wildman–Crippen MR) is 115 cm³/mol. The number of hydrogen-bond donors (Lipinski definition) is 1. The molecule has 4 rings (SSSR count). The third-order valence-electron chi connectivity index (χ3n) is 5.79. The number of benzene rings is 1. The van der Waals surface area contributed by atoms with Gasteiger partial charge >= 0.3 is 11.9 Å². The number of anilines is 1. The smallest absolute Gasteiger partial charge is 0.420 e. The molecule has 1 aliphatic rings. The normalized spacial score (nSPS) is 19.1. The second-order valence-electron chi connectivity index (χ2n) is 8.48. The molecular weight excluding hydrogens is 439 g/mol. The summed E-state index contributed by atoms with van der Waals surface area (Å²) in [5.74, 6) is -0.921. The molecular formula is C23H24F3N3O4. The van der Waals surface area contributed by atoms with Crippen LogP contribution in [-0.2, 0) is 11.0 Å². The van der Waals surface area contributed by atoms with Gasteiger partial charge < -0.3 is 14.5 Å². The molecule has 3 aromatic rings. The average Bonchev–Trinajstić information content (AvgIpc) is 3.09. The molecule has 176 valence electrons. The molecule has 1 N–H and O–H groups in total. The summed E-state index contributed by atoms with van der Waals surface area (Å²) in [5.41, 5.74) is 0.784. The highest BCUT2D eigenvalue weighted by atomic mass is 19.4. The van der Waals surface area contributed by atoms with Crippen molar-refractivity contribution >= 4 is 22.7 Å². The maximum absolute atomic E-state index is 12.9. The first kappa shape index (κ1) is 22.9. The lowest BCUT2D eigenvalue weighted by atomic mass is 9.86. The number of nitrogens with one attached hydrogen (secondary N) is 1. The molecule has 1 fully saturated rings. The van der Waals surface area contributed by atoms with Crippen molar-refractivity contribution < 1.29 is 27.1 Å². The van der Waals surface area contributed by atoms with Crippen molar-refractivity contribution in [2.24, 2.45) is 5.92 Å². The number of carbonyl (C=O) groups excluding carboxylic acids is 1. The van der Waals surface area contributed by atoms with Gasteiger partial charge in [-0.15, -0.1) is 0 Å². The second-order valence-corrected chi connectivity index (χ2v) is 8.48. The van der Waals surface area contributed by atoms with Crippen LogP contribution in [0.1, 0.15) is 51.1 Å². The molecule has 0 unspecified atom stereocenters. The van der Waals surface area contributed by atoms with Gasteiger partial charge in [0.2, 0.25) is 11.8 Å². The number of rotatable bonds is 5. The Bertz CT molecular complexity index is 1210. The van der Waals surface area contributed by atoms with Crippen LogP contribution in [0.25, 0.3) is 11.1 Å². The van der Waals surface area contributed by atoms with E-state index in [9.17, 15) is 22.8 Å². The van der Waals surface area contributed by atoms with Crippen LogP contribution in [0.3, 0.4) is 0 Å². The van der Waals surface area contributed by atoms with Crippen LogP contribution < -0.4 is 15.8 Å². The molecule has 0 bridgehead atoms. The summed E-state index contributed by atoms with van der Waals surface area (Å²) in [5, 5.41) is 2.86. The maximum atomic E-state index is 12.9. The standard InChI is InChI=1S/C23H24F3N3O4/c1-13(2)29-18-8-5-16(12-19(18)33-22(29)31)28-21(30)14-3-6-17(7-4-14)32-20-11-15(9-10-27-20)23(24,25)26/h5,8-14,17H,3-4,6-7H2,1-2H3,(H,28,30). The van der Waals surface area contributed by atoms with Gasteiger partial charge in [-0.3, -0.25) is 9.36 Å². The lowest BCUT2D eigenvalue weighted by molar-refractivity contribution is -0.137. The Morgan fingerprint density at radius 2 is 1.91 bits per heavy atom. The van der Waals surface area contributed by atoms with Crippen molar-refractivity contribution in [1.82, 2.24) is 9.55 Å². The predicted octanol–water partition coefficient (Wildman–Crippen LogP) is 5.17. The number of alkyl halides is 3. The number of halogens is 3. The van der Waals surface area contributed by atoms with E-state index in [0.29, 0.717) is 42.5 Å². The fourth-order valence-corrected chi connectivity index (χ4v) is 4.11. The minimum absolute atomic E-state index is 0.0530. The molecule has 0 aliphatic heterocycles. The minimum atomic E-state index is -4.46. The number of fused-ring (bicyclic) bond motifs is 1. The molecule has 0 saturated heterocycles. The van der Waals surface area contributed by atoms with E-state index in [1.165, 1.54) is 0 Å². The van der Waals surface area contributed by atoms with Crippen molar-refractivity contribution in [3.63, 3.8) is 0 Å². The first-order valence-electron chi connectivity index (χ1n) is 10.8. The van der Waals surface area contributed by atoms with Crippen LogP contribution in [0.4, 0.5) is 18.9 Å². The first-order chi connectivity index (χ1) is 15.6. The Kier molecular flexibility index (Phi) is 6.18. The van der Waals surface area contributed by atoms with Crippen LogP contribution >= 0.6 is 0 Å². The molecule has 2 aromatic heterocycles. The summed E-state index contributed by atoms with van der Waals surface area (Å²) in [6.45, 7) is 3.77. The van der Waals surface area contributed by atoms with E-state index >= 15 is 0 Å². The number of aromatic nitrogens is 2. The Hall–Kier alpha value is -3.30. The Morgan fingerprint density at radius 3 is 2.58 bits per heavy atom. The molecule has 1 aliphatic carbocycles. The molecule has 33 heavy (non-hydrogen) atoms. The van der Waals surface area contributed by atoms with Crippen molar-refractivity contribution in [3.8, 4) is 5.88 Å². The Morgan fingerprint density at radius 1 is 1.18 bits per heavy atom. The molecule has 0 atom stereocenters. The molecule has 2 heterocycles. The topological polar surface area (TPSA) is 86.4 Å². The summed E-state index contributed by atoms with van der Waals surface area (Å²) in [6, 6.07) is 6.82. The van der Waals surface area contributed by atoms with Crippen LogP contribution in [0, 0.1) is 5.92 Å². The maximum Gasteiger partial charge on any atom is 0.420 e. The SMILES string of the molecule is CC(C)n1c(=O)oc2cc(NC(=O)C3CCC(Oc4cc(C(F)(F)F)ccn4)CC3)ccc21. The largest absolute Gasteiger partial charge is 0.474 e. The monoisotopic (exact) mass is 463 g/mol. The molecule has 7 nitrogen and oxygen atoms in total. The fraction of sp³-hybridized carbons (Fsp3) is 0.435. The summed E-state index contributed by atoms with van der Waals surface area (Å²) < 4.78 is 51.0. The first-order valence-corrected chi connectivity index (χ1v) is 10.8. The number of amides is 1. The molecule has 1 amide bonds. The van der Waals surface area contributed by atoms with Crippen molar-refractivity contribution in [3.05, 3.63) is 52.6 Å². The van der Waals surface area contributed by atoms with E-state index in [2.05, 4.69) is 10.3 Å². The third-order valence-corrected chi connectivity index (χ3v) is 5.79. The zero-order valence-electron chi connectivity index (χ0n) is 18.2. The molecule has 0 radical (unpaired) electrons. The van der Waals surface area contributed by atoms with Gasteiger partial charge in [0.25, 0.3) is 0 Å². The van der Waals surface area contributed by atoms with Gasteiger partial charge in [0.05, 0.1) is 11.1 Å². The summed E-state index contributed by atoms with van der Waals surface area (Å²) in [7, 11) is 0. The van der Waals surface area contributed by atoms with E-state index < -0.39 is 17.5 Å². The number of oxazole rings is 1. The highest BCUT2D eigenvalue weighted by Gasteiger charge is 2.32. The van der Waals surface area contributed by atoms with Gasteiger partial charge in [-0.1, -0.05) is 0 Å². The minimum Gasteiger partial charge on any atom is -0.474 e. The van der Waals surface area contributed by atoms with E-state index in [4.69, 9.17) is 9.15 Å². The van der Waals surface area contributed by atoms with Crippen LogP contribution in [-0.4, -0.2) is 21.6 Å². The highest BCUT2D eigenvalue weighted by molar-refractivity contribution is 5.94. The number of carbonyl (C=O) groups is 1. The summed E-state index contributed by atoms with van der Waals surface area (Å²) >= 11 is 0. The third kappa shape index (κ3) is 5.04. The van der Waals surface area contributed by atoms with E-state index in [-0.39, 0.29) is 29.9 Å². The van der Waals surface area contributed by atoms with Crippen molar-refractivity contribution in [1.29, 1.82) is 0 Å². The van der Waals surface area contributed by atoms with Crippen molar-refractivity contribution in [2.45, 2.75) is 57.9 Å². The summed E-state index contributed by atoms with van der Waals surface area (Å²) in [6.07, 6.45) is -1.55. The number of hydrogen-bond acceptors (Lipinski definition) is 5. The number of ether oxygens (including phenoxy) is 1. The van der Waals surface area contributed by atoms with Gasteiger partial charge in [0.1, 0.15) is 6.10 Å². The number of nitrogens with zero attached hydrogens (tertiary/aromatic N) is 2. The van der Waals surface area contributed by atoms with Gasteiger partial charge in [-0.2, -0.15) is 13.2 Å². The lowest BCUT2D eigenvalue weighted by Gasteiger charge is -2.28. The van der Waals surface area contributed by atoms with E-state index in [1.807, 2.05) is 13.8 Å². The Labute approximate surface area is 187 Å². The lowest BCUT2D eigenvalue weighted by Crippen LogP contribution is -2.31. The van der Waals surface area contributed by atoms with Crippen LogP contribution in [0.5, 0.6) is 5.88 Å². The van der Waals surface area contributed by atoms with Gasteiger partial charge in [-0.05, 0) is 57.7 Å². The average molecular weight is 463 g/mol. The molecule has 0 spiro atoms. The quantitative estimate of drug-likeness (QED) is 0.565. The zero-order valence-corrected chi connectivity index (χ0v) is 18.2. The van der Waals surface area contributed by atoms with E-state index in [1.54, 1.807) is 22.8 Å². The van der Waals surface area contributed by atoms with Gasteiger partial charge in [0.15, 0.2) is 5.58 Å². The molecule has 1 aromatic carbocycles. The number of pyridine rings is 1. The Balaban J connectivity index is 1.35. The van der Waals surface area contributed by atoms with Gasteiger partial charge in [-0.25, -0.2) is 9.78 Å².